The number of ether oxygens (including phenoxy) is 2. The average Bonchev–Trinajstić information content (AvgIpc) is 2.98. The van der Waals surface area contributed by atoms with Gasteiger partial charge in [-0.05, 0) is 50.4 Å². The fourth-order valence-corrected chi connectivity index (χ4v) is 2.68. The van der Waals surface area contributed by atoms with Crippen LogP contribution in [0.15, 0.2) is 39.8 Å². The summed E-state index contributed by atoms with van der Waals surface area (Å²) in [5.74, 6) is 0.821. The van der Waals surface area contributed by atoms with Crippen LogP contribution in [0.5, 0.6) is 5.75 Å². The van der Waals surface area contributed by atoms with Crippen LogP contribution in [0.25, 0.3) is 0 Å². The molecule has 0 amide bonds. The molecule has 0 radical (unpaired) electrons. The average molecular weight is 348 g/mol. The molecule has 1 aromatic carbocycles. The van der Waals surface area contributed by atoms with E-state index in [9.17, 15) is 0 Å². The van der Waals surface area contributed by atoms with E-state index in [1.165, 1.54) is 0 Å². The summed E-state index contributed by atoms with van der Waals surface area (Å²) in [6.07, 6.45) is 2.69. The van der Waals surface area contributed by atoms with Gasteiger partial charge in [0.15, 0.2) is 0 Å². The third-order valence-corrected chi connectivity index (χ3v) is 3.72. The van der Waals surface area contributed by atoms with Crippen molar-refractivity contribution in [2.45, 2.75) is 12.0 Å². The zero-order valence-electron chi connectivity index (χ0n) is 8.71. The summed E-state index contributed by atoms with van der Waals surface area (Å²) in [5.41, 5.74) is -0.142. The van der Waals surface area contributed by atoms with Crippen molar-refractivity contribution < 1.29 is 9.47 Å². The van der Waals surface area contributed by atoms with Crippen molar-refractivity contribution in [1.29, 1.82) is 0 Å². The molecule has 0 spiro atoms. The van der Waals surface area contributed by atoms with E-state index in [0.29, 0.717) is 6.61 Å². The van der Waals surface area contributed by atoms with Gasteiger partial charge in [-0.25, -0.2) is 0 Å². The number of epoxide rings is 1. The largest absolute Gasteiger partial charge is 0.488 e. The molecule has 0 bridgehead atoms. The van der Waals surface area contributed by atoms with Gasteiger partial charge >= 0.3 is 0 Å². The lowest BCUT2D eigenvalue weighted by molar-refractivity contribution is 0.189. The van der Waals surface area contributed by atoms with E-state index >= 15 is 0 Å². The maximum absolute atomic E-state index is 5.78. The highest BCUT2D eigenvalue weighted by Gasteiger charge is 2.44. The Morgan fingerprint density at radius 3 is 2.56 bits per heavy atom. The van der Waals surface area contributed by atoms with Gasteiger partial charge in [0.05, 0.1) is 15.6 Å². The number of hydrogen-bond acceptors (Lipinski definition) is 2. The Morgan fingerprint density at radius 2 is 2.06 bits per heavy atom. The first-order valence-corrected chi connectivity index (χ1v) is 6.57. The molecule has 1 aliphatic rings. The first-order chi connectivity index (χ1) is 7.67. The summed E-state index contributed by atoms with van der Waals surface area (Å²) >= 11 is 6.92. The van der Waals surface area contributed by atoms with E-state index in [0.717, 1.165) is 27.7 Å². The monoisotopic (exact) mass is 346 g/mol. The second-order valence-electron chi connectivity index (χ2n) is 3.80. The van der Waals surface area contributed by atoms with Gasteiger partial charge in [-0.1, -0.05) is 12.1 Å². The van der Waals surface area contributed by atoms with Gasteiger partial charge in [-0.15, -0.1) is 6.58 Å². The molecule has 2 rings (SSSR count). The van der Waals surface area contributed by atoms with Gasteiger partial charge in [0.1, 0.15) is 18.0 Å². The lowest BCUT2D eigenvalue weighted by atomic mass is 10.1. The first-order valence-electron chi connectivity index (χ1n) is 4.98. The molecule has 86 valence electrons. The Morgan fingerprint density at radius 1 is 1.44 bits per heavy atom. The second-order valence-corrected chi connectivity index (χ2v) is 5.51. The molecule has 1 atom stereocenters. The van der Waals surface area contributed by atoms with E-state index in [1.54, 1.807) is 0 Å². The minimum atomic E-state index is -0.142. The summed E-state index contributed by atoms with van der Waals surface area (Å²) < 4.78 is 13.1. The molecule has 1 aromatic rings. The molecule has 16 heavy (non-hydrogen) atoms. The third-order valence-electron chi connectivity index (χ3n) is 2.47. The highest BCUT2D eigenvalue weighted by Crippen LogP contribution is 2.37. The van der Waals surface area contributed by atoms with Crippen LogP contribution >= 0.6 is 31.9 Å². The van der Waals surface area contributed by atoms with Crippen LogP contribution < -0.4 is 4.74 Å². The molecule has 1 fully saturated rings. The fourth-order valence-electron chi connectivity index (χ4n) is 1.45. The van der Waals surface area contributed by atoms with Crippen LogP contribution in [0.1, 0.15) is 6.42 Å². The molecule has 1 unspecified atom stereocenters. The normalized spacial score (nSPS) is 22.9. The van der Waals surface area contributed by atoms with Crippen molar-refractivity contribution in [2.24, 2.45) is 0 Å². The summed E-state index contributed by atoms with van der Waals surface area (Å²) in [7, 11) is 0. The van der Waals surface area contributed by atoms with Crippen LogP contribution in [-0.2, 0) is 4.74 Å². The molecule has 1 aliphatic heterocycles. The minimum absolute atomic E-state index is 0.142. The van der Waals surface area contributed by atoms with Gasteiger partial charge in [-0.2, -0.15) is 0 Å². The van der Waals surface area contributed by atoms with Crippen molar-refractivity contribution in [1.82, 2.24) is 0 Å². The Hall–Kier alpha value is -0.320. The summed E-state index contributed by atoms with van der Waals surface area (Å²) in [6.45, 7) is 5.03. The molecule has 0 saturated carbocycles. The highest BCUT2D eigenvalue weighted by molar-refractivity contribution is 9.11. The topological polar surface area (TPSA) is 21.8 Å². The zero-order valence-corrected chi connectivity index (χ0v) is 11.9. The van der Waals surface area contributed by atoms with Crippen molar-refractivity contribution in [2.75, 3.05) is 13.2 Å². The van der Waals surface area contributed by atoms with E-state index in [4.69, 9.17) is 9.47 Å². The highest BCUT2D eigenvalue weighted by atomic mass is 79.9. The maximum Gasteiger partial charge on any atom is 0.147 e. The van der Waals surface area contributed by atoms with Crippen LogP contribution in [-0.4, -0.2) is 18.8 Å². The van der Waals surface area contributed by atoms with Crippen molar-refractivity contribution >= 4 is 31.9 Å². The molecule has 4 heteroatoms. The zero-order chi connectivity index (χ0) is 11.6. The van der Waals surface area contributed by atoms with Gasteiger partial charge in [0, 0.05) is 0 Å². The number of rotatable bonds is 5. The van der Waals surface area contributed by atoms with Crippen LogP contribution in [0.2, 0.25) is 0 Å². The van der Waals surface area contributed by atoms with Gasteiger partial charge in [-0.3, -0.25) is 0 Å². The molecule has 0 aliphatic carbocycles. The minimum Gasteiger partial charge on any atom is -0.488 e. The maximum atomic E-state index is 5.78. The quantitative estimate of drug-likeness (QED) is 0.594. The second kappa shape index (κ2) is 4.90. The molecule has 0 aromatic heterocycles. The van der Waals surface area contributed by atoms with Crippen LogP contribution in [0, 0.1) is 0 Å². The number of hydrogen-bond donors (Lipinski definition) is 0. The van der Waals surface area contributed by atoms with E-state index in [1.807, 2.05) is 24.3 Å². The molecule has 0 N–H and O–H groups in total. The van der Waals surface area contributed by atoms with E-state index in [2.05, 4.69) is 38.4 Å². The first kappa shape index (κ1) is 12.1. The van der Waals surface area contributed by atoms with E-state index < -0.39 is 0 Å². The number of benzene rings is 1. The molecular weight excluding hydrogens is 336 g/mol. The standard InChI is InChI=1S/C12H12Br2O2/c1-2-6-12(8-16-12)7-15-11-9(13)4-3-5-10(11)14/h2-5H,1,6-8H2. The summed E-state index contributed by atoms with van der Waals surface area (Å²) in [4.78, 5) is 0. The SMILES string of the molecule is C=CCC1(COc2c(Br)cccc2Br)CO1. The Balaban J connectivity index is 2.02. The van der Waals surface area contributed by atoms with Crippen LogP contribution in [0.3, 0.4) is 0 Å². The predicted molar refractivity (Wildman–Crippen MR) is 70.8 cm³/mol. The van der Waals surface area contributed by atoms with Gasteiger partial charge in [0.25, 0.3) is 0 Å². The fraction of sp³-hybridized carbons (Fsp3) is 0.333. The summed E-state index contributed by atoms with van der Waals surface area (Å²) in [5, 5.41) is 0. The lowest BCUT2D eigenvalue weighted by Crippen LogP contribution is -2.21. The van der Waals surface area contributed by atoms with Crippen molar-refractivity contribution in [3.05, 3.63) is 39.8 Å². The van der Waals surface area contributed by atoms with Gasteiger partial charge in [0.2, 0.25) is 0 Å². The predicted octanol–water partition coefficient (Wildman–Crippen LogP) is 3.94. The molecule has 1 saturated heterocycles. The molecule has 2 nitrogen and oxygen atoms in total. The summed E-state index contributed by atoms with van der Waals surface area (Å²) in [6, 6.07) is 5.86. The van der Waals surface area contributed by atoms with Crippen molar-refractivity contribution in [3.63, 3.8) is 0 Å². The van der Waals surface area contributed by atoms with Crippen molar-refractivity contribution in [3.8, 4) is 5.75 Å². The van der Waals surface area contributed by atoms with Gasteiger partial charge < -0.3 is 9.47 Å². The van der Waals surface area contributed by atoms with E-state index in [-0.39, 0.29) is 5.60 Å². The Labute approximate surface area is 112 Å². The lowest BCUT2D eigenvalue weighted by Gasteiger charge is -2.13. The third kappa shape index (κ3) is 2.67. The Kier molecular flexibility index (Phi) is 3.72. The number of para-hydroxylation sites is 1. The molecule has 1 heterocycles. The molecular formula is C12H12Br2O2. The number of halogens is 2. The Bertz CT molecular complexity index is 380. The smallest absolute Gasteiger partial charge is 0.147 e. The van der Waals surface area contributed by atoms with Crippen LogP contribution in [0.4, 0.5) is 0 Å².